The maximum atomic E-state index is 5.68. The minimum atomic E-state index is -0.0451. The molecule has 0 atom stereocenters. The summed E-state index contributed by atoms with van der Waals surface area (Å²) in [5.74, 6) is 2.51. The fraction of sp³-hybridized carbons (Fsp3) is 0.318. The molecular formula is C22H27N5O3. The van der Waals surface area contributed by atoms with Crippen molar-refractivity contribution < 1.29 is 14.2 Å². The third kappa shape index (κ3) is 6.23. The molecule has 0 radical (unpaired) electrons. The molecule has 8 nitrogen and oxygen atoms in total. The van der Waals surface area contributed by atoms with Gasteiger partial charge in [0.25, 0.3) is 0 Å². The van der Waals surface area contributed by atoms with Gasteiger partial charge in [-0.05, 0) is 49.2 Å². The second kappa shape index (κ2) is 10.3. The van der Waals surface area contributed by atoms with Gasteiger partial charge in [-0.2, -0.15) is 15.0 Å². The van der Waals surface area contributed by atoms with Crippen LogP contribution in [0.4, 0.5) is 11.9 Å². The van der Waals surface area contributed by atoms with Crippen LogP contribution in [0.2, 0.25) is 0 Å². The minimum absolute atomic E-state index is 0.0451. The molecule has 8 heteroatoms. The van der Waals surface area contributed by atoms with Crippen molar-refractivity contribution in [2.75, 3.05) is 24.9 Å². The van der Waals surface area contributed by atoms with E-state index in [0.29, 0.717) is 25.0 Å². The summed E-state index contributed by atoms with van der Waals surface area (Å²) in [6.45, 7) is 4.98. The van der Waals surface area contributed by atoms with E-state index in [1.165, 1.54) is 0 Å². The first kappa shape index (κ1) is 21.2. The van der Waals surface area contributed by atoms with Gasteiger partial charge in [0.05, 0.1) is 20.3 Å². The van der Waals surface area contributed by atoms with Crippen LogP contribution in [0.5, 0.6) is 17.5 Å². The van der Waals surface area contributed by atoms with Gasteiger partial charge in [-0.15, -0.1) is 0 Å². The Balaban J connectivity index is 1.69. The molecule has 158 valence electrons. The first-order valence-electron chi connectivity index (χ1n) is 9.72. The highest BCUT2D eigenvalue weighted by Crippen LogP contribution is 2.17. The Bertz CT molecular complexity index is 861. The van der Waals surface area contributed by atoms with Gasteiger partial charge < -0.3 is 24.8 Å². The highest BCUT2D eigenvalue weighted by Gasteiger charge is 2.09. The molecule has 0 fully saturated rings. The zero-order chi connectivity index (χ0) is 21.3. The highest BCUT2D eigenvalue weighted by atomic mass is 16.5. The van der Waals surface area contributed by atoms with E-state index >= 15 is 0 Å². The van der Waals surface area contributed by atoms with Crippen LogP contribution in [0, 0.1) is 0 Å². The molecule has 3 rings (SSSR count). The van der Waals surface area contributed by atoms with Crippen LogP contribution in [-0.4, -0.2) is 35.3 Å². The van der Waals surface area contributed by atoms with Crippen molar-refractivity contribution in [2.45, 2.75) is 33.0 Å². The number of benzene rings is 2. The van der Waals surface area contributed by atoms with Crippen molar-refractivity contribution in [1.29, 1.82) is 0 Å². The number of anilines is 2. The molecular weight excluding hydrogens is 382 g/mol. The third-order valence-corrected chi connectivity index (χ3v) is 4.18. The van der Waals surface area contributed by atoms with E-state index in [1.807, 2.05) is 62.4 Å². The Labute approximate surface area is 176 Å². The van der Waals surface area contributed by atoms with Gasteiger partial charge in [0, 0.05) is 13.1 Å². The van der Waals surface area contributed by atoms with E-state index in [-0.39, 0.29) is 12.1 Å². The topological polar surface area (TPSA) is 90.4 Å². The molecule has 0 saturated heterocycles. The summed E-state index contributed by atoms with van der Waals surface area (Å²) in [7, 11) is 3.30. The fourth-order valence-electron chi connectivity index (χ4n) is 2.63. The standard InChI is InChI=1S/C22H27N5O3/c1-15(2)30-22-26-20(23-13-16-5-9-18(28-3)10-6-16)25-21(27-22)24-14-17-7-11-19(29-4)12-8-17/h5-12,15H,13-14H2,1-4H3,(H2,23,24,25,26,27). The Morgan fingerprint density at radius 3 is 1.50 bits per heavy atom. The average molecular weight is 409 g/mol. The average Bonchev–Trinajstić information content (AvgIpc) is 2.76. The second-order valence-electron chi connectivity index (χ2n) is 6.84. The molecule has 0 aliphatic carbocycles. The van der Waals surface area contributed by atoms with Gasteiger partial charge in [-0.3, -0.25) is 0 Å². The highest BCUT2D eigenvalue weighted by molar-refractivity contribution is 5.38. The van der Waals surface area contributed by atoms with E-state index in [9.17, 15) is 0 Å². The number of hydrogen-bond acceptors (Lipinski definition) is 8. The first-order chi connectivity index (χ1) is 14.6. The number of rotatable bonds is 10. The van der Waals surface area contributed by atoms with Crippen LogP contribution < -0.4 is 24.8 Å². The molecule has 30 heavy (non-hydrogen) atoms. The Morgan fingerprint density at radius 1 is 0.700 bits per heavy atom. The van der Waals surface area contributed by atoms with Gasteiger partial charge in [-0.1, -0.05) is 24.3 Å². The Hall–Kier alpha value is -3.55. The van der Waals surface area contributed by atoms with Crippen molar-refractivity contribution in [3.05, 3.63) is 59.7 Å². The van der Waals surface area contributed by atoms with Gasteiger partial charge >= 0.3 is 6.01 Å². The second-order valence-corrected chi connectivity index (χ2v) is 6.84. The summed E-state index contributed by atoms with van der Waals surface area (Å²) in [5, 5.41) is 6.45. The maximum absolute atomic E-state index is 5.68. The van der Waals surface area contributed by atoms with Crippen molar-refractivity contribution in [1.82, 2.24) is 15.0 Å². The maximum Gasteiger partial charge on any atom is 0.323 e. The molecule has 0 amide bonds. The van der Waals surface area contributed by atoms with E-state index < -0.39 is 0 Å². The van der Waals surface area contributed by atoms with E-state index in [0.717, 1.165) is 22.6 Å². The zero-order valence-corrected chi connectivity index (χ0v) is 17.7. The lowest BCUT2D eigenvalue weighted by atomic mass is 10.2. The Morgan fingerprint density at radius 2 is 1.13 bits per heavy atom. The third-order valence-electron chi connectivity index (χ3n) is 4.18. The number of hydrogen-bond donors (Lipinski definition) is 2. The monoisotopic (exact) mass is 409 g/mol. The molecule has 0 aliphatic rings. The largest absolute Gasteiger partial charge is 0.497 e. The molecule has 3 aromatic rings. The van der Waals surface area contributed by atoms with Crippen molar-refractivity contribution >= 4 is 11.9 Å². The van der Waals surface area contributed by atoms with Crippen LogP contribution >= 0.6 is 0 Å². The van der Waals surface area contributed by atoms with E-state index in [1.54, 1.807) is 14.2 Å². The molecule has 0 spiro atoms. The number of aromatic nitrogens is 3. The number of methoxy groups -OCH3 is 2. The molecule has 0 unspecified atom stereocenters. The molecule has 0 aliphatic heterocycles. The predicted octanol–water partition coefficient (Wildman–Crippen LogP) is 3.90. The minimum Gasteiger partial charge on any atom is -0.497 e. The van der Waals surface area contributed by atoms with Crippen LogP contribution in [-0.2, 0) is 13.1 Å². The Kier molecular flexibility index (Phi) is 7.26. The molecule has 2 N–H and O–H groups in total. The summed E-state index contributed by atoms with van der Waals surface area (Å²) in [5.41, 5.74) is 2.16. The lowest BCUT2D eigenvalue weighted by Crippen LogP contribution is -2.14. The summed E-state index contributed by atoms with van der Waals surface area (Å²) < 4.78 is 16.1. The molecule has 0 bridgehead atoms. The van der Waals surface area contributed by atoms with E-state index in [4.69, 9.17) is 14.2 Å². The van der Waals surface area contributed by atoms with E-state index in [2.05, 4.69) is 25.6 Å². The van der Waals surface area contributed by atoms with Gasteiger partial charge in [-0.25, -0.2) is 0 Å². The van der Waals surface area contributed by atoms with Gasteiger partial charge in [0.15, 0.2) is 0 Å². The molecule has 2 aromatic carbocycles. The SMILES string of the molecule is COc1ccc(CNc2nc(NCc3ccc(OC)cc3)nc(OC(C)C)n2)cc1. The van der Waals surface area contributed by atoms with Gasteiger partial charge in [0.2, 0.25) is 11.9 Å². The number of nitrogens with one attached hydrogen (secondary N) is 2. The fourth-order valence-corrected chi connectivity index (χ4v) is 2.63. The van der Waals surface area contributed by atoms with Crippen molar-refractivity contribution in [3.63, 3.8) is 0 Å². The van der Waals surface area contributed by atoms with Crippen molar-refractivity contribution in [2.24, 2.45) is 0 Å². The summed E-state index contributed by atoms with van der Waals surface area (Å²) >= 11 is 0. The zero-order valence-electron chi connectivity index (χ0n) is 17.7. The van der Waals surface area contributed by atoms with Crippen LogP contribution in [0.15, 0.2) is 48.5 Å². The number of nitrogens with zero attached hydrogens (tertiary/aromatic N) is 3. The summed E-state index contributed by atoms with van der Waals surface area (Å²) in [6.07, 6.45) is -0.0451. The first-order valence-corrected chi connectivity index (χ1v) is 9.72. The van der Waals surface area contributed by atoms with Crippen LogP contribution in [0.25, 0.3) is 0 Å². The lowest BCUT2D eigenvalue weighted by Gasteiger charge is -2.12. The van der Waals surface area contributed by atoms with Crippen LogP contribution in [0.1, 0.15) is 25.0 Å². The predicted molar refractivity (Wildman–Crippen MR) is 116 cm³/mol. The van der Waals surface area contributed by atoms with Crippen LogP contribution in [0.3, 0.4) is 0 Å². The summed E-state index contributed by atoms with van der Waals surface area (Å²) in [6, 6.07) is 15.9. The smallest absolute Gasteiger partial charge is 0.323 e. The van der Waals surface area contributed by atoms with Gasteiger partial charge in [0.1, 0.15) is 11.5 Å². The molecule has 1 aromatic heterocycles. The summed E-state index contributed by atoms with van der Waals surface area (Å²) in [4.78, 5) is 13.2. The normalized spacial score (nSPS) is 10.6. The quantitative estimate of drug-likeness (QED) is 0.521. The number of ether oxygens (including phenoxy) is 3. The van der Waals surface area contributed by atoms with Crippen molar-refractivity contribution in [3.8, 4) is 17.5 Å². The molecule has 1 heterocycles. The molecule has 0 saturated carbocycles. The lowest BCUT2D eigenvalue weighted by molar-refractivity contribution is 0.222.